The Hall–Kier alpha value is -2.71. The lowest BCUT2D eigenvalue weighted by Gasteiger charge is -2.17. The molecule has 1 fully saturated rings. The lowest BCUT2D eigenvalue weighted by atomic mass is 10.2. The highest BCUT2D eigenvalue weighted by Crippen LogP contribution is 2.27. The summed E-state index contributed by atoms with van der Waals surface area (Å²) in [6, 6.07) is 12.4. The number of amides is 1. The summed E-state index contributed by atoms with van der Waals surface area (Å²) in [4.78, 5) is 12.9. The summed E-state index contributed by atoms with van der Waals surface area (Å²) in [5, 5.41) is 3.59. The molecule has 0 saturated carbocycles. The Balaban J connectivity index is 1.52. The summed E-state index contributed by atoms with van der Waals surface area (Å²) in [6.45, 7) is 3.13. The van der Waals surface area contributed by atoms with Crippen LogP contribution in [0.1, 0.15) is 31.4 Å². The molecule has 1 amide bonds. The number of carbonyl (C=O) groups excluding carboxylic acids is 1. The Morgan fingerprint density at radius 1 is 1.13 bits per heavy atom. The zero-order valence-electron chi connectivity index (χ0n) is 16.7. The van der Waals surface area contributed by atoms with E-state index in [-0.39, 0.29) is 23.2 Å². The predicted octanol–water partition coefficient (Wildman–Crippen LogP) is 3.44. The van der Waals surface area contributed by atoms with E-state index < -0.39 is 16.1 Å². The third-order valence-corrected chi connectivity index (χ3v) is 7.44. The first-order chi connectivity index (χ1) is 14.4. The van der Waals surface area contributed by atoms with Crippen molar-refractivity contribution in [3.63, 3.8) is 0 Å². The van der Waals surface area contributed by atoms with Crippen molar-refractivity contribution in [2.45, 2.75) is 37.2 Å². The topological polar surface area (TPSA) is 71.4 Å². The van der Waals surface area contributed by atoms with Crippen LogP contribution in [-0.4, -0.2) is 36.3 Å². The number of nitrogens with one attached hydrogen (secondary N) is 1. The Kier molecular flexibility index (Phi) is 5.62. The summed E-state index contributed by atoms with van der Waals surface area (Å²) in [6.07, 6.45) is 3.56. The normalized spacial score (nSPS) is 16.1. The van der Waals surface area contributed by atoms with Gasteiger partial charge in [0, 0.05) is 36.7 Å². The molecule has 0 spiro atoms. The SMILES string of the molecule is C[C@H](C(=O)NCc1cccc(F)c1)n1ccc2cc(S(=O)(=O)N3CCCC3)ccc21. The molecule has 2 aromatic carbocycles. The number of hydrogen-bond acceptors (Lipinski definition) is 3. The van der Waals surface area contributed by atoms with Crippen LogP contribution in [0.3, 0.4) is 0 Å². The van der Waals surface area contributed by atoms with E-state index in [1.54, 1.807) is 43.5 Å². The van der Waals surface area contributed by atoms with Crippen LogP contribution in [0.2, 0.25) is 0 Å². The number of rotatable bonds is 6. The fourth-order valence-corrected chi connectivity index (χ4v) is 5.38. The Morgan fingerprint density at radius 3 is 2.63 bits per heavy atom. The molecule has 1 aromatic heterocycles. The largest absolute Gasteiger partial charge is 0.350 e. The van der Waals surface area contributed by atoms with Gasteiger partial charge in [-0.25, -0.2) is 12.8 Å². The maximum Gasteiger partial charge on any atom is 0.243 e. The summed E-state index contributed by atoms with van der Waals surface area (Å²) < 4.78 is 42.2. The molecule has 1 N–H and O–H groups in total. The molecular weight excluding hydrogens is 405 g/mol. The van der Waals surface area contributed by atoms with Gasteiger partial charge >= 0.3 is 0 Å². The first kappa shape index (κ1) is 20.6. The summed E-state index contributed by atoms with van der Waals surface area (Å²) in [7, 11) is -3.49. The molecule has 4 rings (SSSR count). The number of fused-ring (bicyclic) bond motifs is 1. The fourth-order valence-electron chi connectivity index (χ4n) is 3.83. The zero-order chi connectivity index (χ0) is 21.3. The van der Waals surface area contributed by atoms with E-state index in [2.05, 4.69) is 5.32 Å². The van der Waals surface area contributed by atoms with E-state index in [1.165, 1.54) is 16.4 Å². The van der Waals surface area contributed by atoms with Gasteiger partial charge in [0.2, 0.25) is 15.9 Å². The van der Waals surface area contributed by atoms with Crippen molar-refractivity contribution in [1.82, 2.24) is 14.2 Å². The van der Waals surface area contributed by atoms with Crippen LogP contribution in [0.4, 0.5) is 4.39 Å². The second-order valence-electron chi connectivity index (χ2n) is 7.58. The number of nitrogens with zero attached hydrogens (tertiary/aromatic N) is 2. The highest BCUT2D eigenvalue weighted by atomic mass is 32.2. The fraction of sp³-hybridized carbons (Fsp3) is 0.318. The monoisotopic (exact) mass is 429 g/mol. The van der Waals surface area contributed by atoms with Crippen LogP contribution in [0.25, 0.3) is 10.9 Å². The molecule has 1 aliphatic heterocycles. The lowest BCUT2D eigenvalue weighted by Crippen LogP contribution is -2.30. The van der Waals surface area contributed by atoms with Crippen molar-refractivity contribution in [1.29, 1.82) is 0 Å². The number of hydrogen-bond donors (Lipinski definition) is 1. The van der Waals surface area contributed by atoms with Gasteiger partial charge < -0.3 is 9.88 Å². The van der Waals surface area contributed by atoms with Gasteiger partial charge in [0.15, 0.2) is 0 Å². The smallest absolute Gasteiger partial charge is 0.243 e. The minimum Gasteiger partial charge on any atom is -0.350 e. The van der Waals surface area contributed by atoms with Gasteiger partial charge in [0.1, 0.15) is 11.9 Å². The molecule has 2 heterocycles. The van der Waals surface area contributed by atoms with Crippen LogP contribution in [0, 0.1) is 5.82 Å². The molecule has 0 radical (unpaired) electrons. The van der Waals surface area contributed by atoms with Crippen LogP contribution >= 0.6 is 0 Å². The minimum atomic E-state index is -3.49. The summed E-state index contributed by atoms with van der Waals surface area (Å²) in [5.41, 5.74) is 1.47. The average molecular weight is 430 g/mol. The maximum absolute atomic E-state index is 13.3. The number of aromatic nitrogens is 1. The van der Waals surface area contributed by atoms with E-state index in [0.717, 1.165) is 23.7 Å². The number of sulfonamides is 1. The Morgan fingerprint density at radius 2 is 1.90 bits per heavy atom. The standard InChI is InChI=1S/C22H24FN3O3S/c1-16(22(27)24-15-17-5-4-6-19(23)13-17)26-12-9-18-14-20(7-8-21(18)26)30(28,29)25-10-2-3-11-25/h4-9,12-14,16H,2-3,10-11,15H2,1H3,(H,24,27)/t16-/m1/s1. The van der Waals surface area contributed by atoms with E-state index in [1.807, 2.05) is 10.6 Å². The summed E-state index contributed by atoms with van der Waals surface area (Å²) in [5.74, 6) is -0.545. The number of carbonyl (C=O) groups is 1. The molecule has 158 valence electrons. The van der Waals surface area contributed by atoms with Gasteiger partial charge in [-0.05, 0) is 61.7 Å². The van der Waals surface area contributed by atoms with Crippen molar-refractivity contribution in [2.24, 2.45) is 0 Å². The second kappa shape index (κ2) is 8.20. The molecule has 0 bridgehead atoms. The maximum atomic E-state index is 13.3. The molecule has 8 heteroatoms. The molecule has 30 heavy (non-hydrogen) atoms. The van der Waals surface area contributed by atoms with Gasteiger partial charge in [0.05, 0.1) is 4.90 Å². The van der Waals surface area contributed by atoms with Crippen molar-refractivity contribution in [3.05, 3.63) is 66.1 Å². The molecule has 0 aliphatic carbocycles. The number of halogens is 1. The molecule has 3 aromatic rings. The van der Waals surface area contributed by atoms with E-state index in [9.17, 15) is 17.6 Å². The molecule has 1 saturated heterocycles. The van der Waals surface area contributed by atoms with E-state index in [0.29, 0.717) is 18.7 Å². The minimum absolute atomic E-state index is 0.203. The van der Waals surface area contributed by atoms with Crippen LogP contribution < -0.4 is 5.32 Å². The van der Waals surface area contributed by atoms with Crippen molar-refractivity contribution in [2.75, 3.05) is 13.1 Å². The third-order valence-electron chi connectivity index (χ3n) is 5.55. The summed E-state index contributed by atoms with van der Waals surface area (Å²) >= 11 is 0. The van der Waals surface area contributed by atoms with Gasteiger partial charge in [-0.3, -0.25) is 4.79 Å². The van der Waals surface area contributed by atoms with Crippen molar-refractivity contribution >= 4 is 26.8 Å². The average Bonchev–Trinajstić information content (AvgIpc) is 3.41. The highest BCUT2D eigenvalue weighted by molar-refractivity contribution is 7.89. The Bertz CT molecular complexity index is 1180. The van der Waals surface area contributed by atoms with Gasteiger partial charge in [-0.1, -0.05) is 12.1 Å². The van der Waals surface area contributed by atoms with Crippen molar-refractivity contribution in [3.8, 4) is 0 Å². The first-order valence-corrected chi connectivity index (χ1v) is 11.4. The van der Waals surface area contributed by atoms with Crippen molar-refractivity contribution < 1.29 is 17.6 Å². The quantitative estimate of drug-likeness (QED) is 0.653. The van der Waals surface area contributed by atoms with Gasteiger partial charge in [-0.2, -0.15) is 4.31 Å². The van der Waals surface area contributed by atoms with Crippen LogP contribution in [0.15, 0.2) is 59.6 Å². The van der Waals surface area contributed by atoms with E-state index in [4.69, 9.17) is 0 Å². The number of benzene rings is 2. The third kappa shape index (κ3) is 3.97. The molecular formula is C22H24FN3O3S. The highest BCUT2D eigenvalue weighted by Gasteiger charge is 2.27. The van der Waals surface area contributed by atoms with E-state index >= 15 is 0 Å². The van der Waals surface area contributed by atoms with Gasteiger partial charge in [-0.15, -0.1) is 0 Å². The molecule has 0 unspecified atom stereocenters. The first-order valence-electron chi connectivity index (χ1n) is 9.99. The van der Waals surface area contributed by atoms with Crippen LogP contribution in [-0.2, 0) is 21.4 Å². The molecule has 1 aliphatic rings. The predicted molar refractivity (Wildman–Crippen MR) is 113 cm³/mol. The molecule has 6 nitrogen and oxygen atoms in total. The zero-order valence-corrected chi connectivity index (χ0v) is 17.5. The Labute approximate surface area is 175 Å². The lowest BCUT2D eigenvalue weighted by molar-refractivity contribution is -0.123. The second-order valence-corrected chi connectivity index (χ2v) is 9.52. The van der Waals surface area contributed by atoms with Crippen LogP contribution in [0.5, 0.6) is 0 Å². The molecule has 1 atom stereocenters. The van der Waals surface area contributed by atoms with Gasteiger partial charge in [0.25, 0.3) is 0 Å².